The van der Waals surface area contributed by atoms with E-state index in [9.17, 15) is 18.3 Å². The molecule has 2 rings (SSSR count). The van der Waals surface area contributed by atoms with E-state index in [1.807, 2.05) is 6.92 Å². The lowest BCUT2D eigenvalue weighted by molar-refractivity contribution is -0.146. The van der Waals surface area contributed by atoms with E-state index < -0.39 is 21.3 Å². The lowest BCUT2D eigenvalue weighted by Crippen LogP contribution is -2.55. The van der Waals surface area contributed by atoms with Gasteiger partial charge in [-0.3, -0.25) is 4.79 Å². The predicted molar refractivity (Wildman–Crippen MR) is 81.1 cm³/mol. The zero-order valence-corrected chi connectivity index (χ0v) is 13.5. The van der Waals surface area contributed by atoms with Crippen molar-refractivity contribution in [3.8, 4) is 0 Å². The van der Waals surface area contributed by atoms with Gasteiger partial charge in [-0.2, -0.15) is 0 Å². The minimum absolute atomic E-state index is 0.133. The number of sulfone groups is 1. The summed E-state index contributed by atoms with van der Waals surface area (Å²) in [6.45, 7) is 4.55. The van der Waals surface area contributed by atoms with Crippen molar-refractivity contribution in [3.63, 3.8) is 0 Å². The minimum Gasteiger partial charge on any atom is -0.480 e. The number of carboxylic acids is 1. The predicted octanol–water partition coefficient (Wildman–Crippen LogP) is 0.340. The van der Waals surface area contributed by atoms with Gasteiger partial charge in [0.1, 0.15) is 5.54 Å². The van der Waals surface area contributed by atoms with E-state index >= 15 is 0 Å². The van der Waals surface area contributed by atoms with Gasteiger partial charge in [-0.25, -0.2) is 8.42 Å². The van der Waals surface area contributed by atoms with Crippen molar-refractivity contribution in [1.82, 2.24) is 10.2 Å². The maximum atomic E-state index is 11.7. The fourth-order valence-electron chi connectivity index (χ4n) is 3.69. The molecule has 1 saturated carbocycles. The smallest absolute Gasteiger partial charge is 0.324 e. The largest absolute Gasteiger partial charge is 0.480 e. The van der Waals surface area contributed by atoms with Gasteiger partial charge in [-0.1, -0.05) is 13.3 Å². The summed E-state index contributed by atoms with van der Waals surface area (Å²) in [6, 6.07) is 0. The molecule has 0 aromatic heterocycles. The van der Waals surface area contributed by atoms with Gasteiger partial charge < -0.3 is 15.3 Å². The lowest BCUT2D eigenvalue weighted by atomic mass is 9.84. The fraction of sp³-hybridized carbons (Fsp3) is 0.929. The SMILES string of the molecule is CCNC1(C(=O)O)CCCC1CCN1CCS(=O)(=O)CC1. The van der Waals surface area contributed by atoms with E-state index in [2.05, 4.69) is 10.2 Å². The fourth-order valence-corrected chi connectivity index (χ4v) is 4.96. The molecule has 1 aliphatic carbocycles. The van der Waals surface area contributed by atoms with Crippen molar-refractivity contribution in [2.45, 2.75) is 38.1 Å². The highest BCUT2D eigenvalue weighted by Crippen LogP contribution is 2.38. The van der Waals surface area contributed by atoms with E-state index in [1.54, 1.807) is 0 Å². The third kappa shape index (κ3) is 3.76. The molecule has 7 heteroatoms. The van der Waals surface area contributed by atoms with E-state index in [0.717, 1.165) is 25.8 Å². The second-order valence-electron chi connectivity index (χ2n) is 6.18. The number of hydrogen-bond acceptors (Lipinski definition) is 5. The maximum Gasteiger partial charge on any atom is 0.324 e. The second-order valence-corrected chi connectivity index (χ2v) is 8.48. The Morgan fingerprint density at radius 2 is 2.05 bits per heavy atom. The Kier molecular flexibility index (Phi) is 5.27. The Morgan fingerprint density at radius 3 is 2.62 bits per heavy atom. The Hall–Kier alpha value is -0.660. The summed E-state index contributed by atoms with van der Waals surface area (Å²) in [6.07, 6.45) is 3.39. The number of carbonyl (C=O) groups is 1. The first kappa shape index (κ1) is 16.7. The number of carboxylic acid groups (broad SMARTS) is 1. The quantitative estimate of drug-likeness (QED) is 0.734. The van der Waals surface area contributed by atoms with Crippen LogP contribution in [0.2, 0.25) is 0 Å². The van der Waals surface area contributed by atoms with Crippen LogP contribution >= 0.6 is 0 Å². The molecule has 2 fully saturated rings. The highest BCUT2D eigenvalue weighted by Gasteiger charge is 2.48. The summed E-state index contributed by atoms with van der Waals surface area (Å²) < 4.78 is 22.8. The van der Waals surface area contributed by atoms with Crippen LogP contribution in [0.15, 0.2) is 0 Å². The van der Waals surface area contributed by atoms with Gasteiger partial charge in [0.2, 0.25) is 0 Å². The van der Waals surface area contributed by atoms with Gasteiger partial charge in [0, 0.05) is 13.1 Å². The molecule has 6 nitrogen and oxygen atoms in total. The minimum atomic E-state index is -2.85. The average Bonchev–Trinajstić information content (AvgIpc) is 2.82. The van der Waals surface area contributed by atoms with Crippen LogP contribution in [0.3, 0.4) is 0 Å². The van der Waals surface area contributed by atoms with Crippen LogP contribution in [0, 0.1) is 5.92 Å². The molecule has 122 valence electrons. The van der Waals surface area contributed by atoms with Crippen molar-refractivity contribution in [2.75, 3.05) is 37.7 Å². The molecule has 1 aliphatic heterocycles. The van der Waals surface area contributed by atoms with Gasteiger partial charge in [-0.05, 0) is 38.3 Å². The Labute approximate surface area is 126 Å². The molecule has 2 aliphatic rings. The molecule has 2 N–H and O–H groups in total. The second kappa shape index (κ2) is 6.62. The third-order valence-electron chi connectivity index (χ3n) is 4.93. The van der Waals surface area contributed by atoms with Crippen LogP contribution in [0.1, 0.15) is 32.6 Å². The van der Waals surface area contributed by atoms with Crippen molar-refractivity contribution in [3.05, 3.63) is 0 Å². The van der Waals surface area contributed by atoms with Crippen molar-refractivity contribution in [2.24, 2.45) is 5.92 Å². The molecule has 21 heavy (non-hydrogen) atoms. The summed E-state index contributed by atoms with van der Waals surface area (Å²) >= 11 is 0. The summed E-state index contributed by atoms with van der Waals surface area (Å²) in [5.74, 6) is -0.147. The van der Waals surface area contributed by atoms with Gasteiger partial charge in [-0.15, -0.1) is 0 Å². The molecular weight excluding hydrogens is 292 g/mol. The molecule has 0 radical (unpaired) electrons. The molecule has 0 spiro atoms. The van der Waals surface area contributed by atoms with Crippen LogP contribution in [0.5, 0.6) is 0 Å². The summed E-state index contributed by atoms with van der Waals surface area (Å²) in [5.41, 5.74) is -0.781. The molecule has 0 amide bonds. The van der Waals surface area contributed by atoms with E-state index in [-0.39, 0.29) is 17.4 Å². The zero-order chi connectivity index (χ0) is 15.5. The molecule has 1 saturated heterocycles. The molecule has 0 bridgehead atoms. The lowest BCUT2D eigenvalue weighted by Gasteiger charge is -2.34. The molecule has 2 atom stereocenters. The monoisotopic (exact) mass is 318 g/mol. The van der Waals surface area contributed by atoms with Crippen LogP contribution in [0.25, 0.3) is 0 Å². The van der Waals surface area contributed by atoms with E-state index in [4.69, 9.17) is 0 Å². The molecule has 0 aromatic rings. The van der Waals surface area contributed by atoms with Crippen LogP contribution in [-0.2, 0) is 14.6 Å². The Bertz CT molecular complexity index is 465. The van der Waals surface area contributed by atoms with Gasteiger partial charge in [0.15, 0.2) is 9.84 Å². The number of nitrogens with zero attached hydrogens (tertiary/aromatic N) is 1. The first-order valence-electron chi connectivity index (χ1n) is 7.81. The van der Waals surface area contributed by atoms with Crippen LogP contribution < -0.4 is 5.32 Å². The number of aliphatic carboxylic acids is 1. The van der Waals surface area contributed by atoms with Gasteiger partial charge >= 0.3 is 5.97 Å². The Morgan fingerprint density at radius 1 is 1.38 bits per heavy atom. The molecule has 1 heterocycles. The number of likely N-dealkylation sites (N-methyl/N-ethyl adjacent to an activating group) is 1. The van der Waals surface area contributed by atoms with Crippen molar-refractivity contribution >= 4 is 15.8 Å². The van der Waals surface area contributed by atoms with E-state index in [1.165, 1.54) is 0 Å². The maximum absolute atomic E-state index is 11.7. The normalized spacial score (nSPS) is 33.1. The topological polar surface area (TPSA) is 86.7 Å². The van der Waals surface area contributed by atoms with Crippen LogP contribution in [0.4, 0.5) is 0 Å². The van der Waals surface area contributed by atoms with Crippen molar-refractivity contribution < 1.29 is 18.3 Å². The third-order valence-corrected chi connectivity index (χ3v) is 6.53. The van der Waals surface area contributed by atoms with Gasteiger partial charge in [0.05, 0.1) is 11.5 Å². The highest BCUT2D eigenvalue weighted by atomic mass is 32.2. The first-order valence-corrected chi connectivity index (χ1v) is 9.63. The molecule has 2 unspecified atom stereocenters. The molecular formula is C14H26N2O4S. The highest BCUT2D eigenvalue weighted by molar-refractivity contribution is 7.91. The number of nitrogens with one attached hydrogen (secondary N) is 1. The Balaban J connectivity index is 1.91. The summed E-state index contributed by atoms with van der Waals surface area (Å²) in [4.78, 5) is 13.9. The van der Waals surface area contributed by atoms with Crippen LogP contribution in [-0.4, -0.2) is 67.6 Å². The summed E-state index contributed by atoms with van der Waals surface area (Å²) in [7, 11) is -2.85. The first-order chi connectivity index (χ1) is 9.89. The standard InChI is InChI=1S/C14H26N2O4S/c1-2-15-14(13(17)18)6-3-4-12(14)5-7-16-8-10-21(19,20)11-9-16/h12,15H,2-11H2,1H3,(H,17,18). The van der Waals surface area contributed by atoms with Gasteiger partial charge in [0.25, 0.3) is 0 Å². The average molecular weight is 318 g/mol. The number of hydrogen-bond donors (Lipinski definition) is 2. The van der Waals surface area contributed by atoms with Crippen molar-refractivity contribution in [1.29, 1.82) is 0 Å². The zero-order valence-electron chi connectivity index (χ0n) is 12.7. The van der Waals surface area contributed by atoms with E-state index in [0.29, 0.717) is 26.1 Å². The summed E-state index contributed by atoms with van der Waals surface area (Å²) in [5, 5.41) is 12.8. The molecule has 0 aromatic carbocycles. The number of rotatable bonds is 6.